The fourth-order valence-electron chi connectivity index (χ4n) is 4.57. The van der Waals surface area contributed by atoms with E-state index < -0.39 is 0 Å². The predicted octanol–water partition coefficient (Wildman–Crippen LogP) is 8.88. The van der Waals surface area contributed by atoms with Crippen LogP contribution in [0.3, 0.4) is 0 Å². The van der Waals surface area contributed by atoms with E-state index in [1.165, 1.54) is 44.1 Å². The van der Waals surface area contributed by atoms with Crippen LogP contribution in [0, 0.1) is 0 Å². The van der Waals surface area contributed by atoms with Crippen molar-refractivity contribution in [1.82, 2.24) is 4.57 Å². The molecule has 0 fully saturated rings. The molecule has 0 aliphatic heterocycles. The van der Waals surface area contributed by atoms with Crippen molar-refractivity contribution in [2.75, 3.05) is 0 Å². The molecule has 152 valence electrons. The normalized spacial score (nSPS) is 11.3. The molecule has 0 bridgehead atoms. The van der Waals surface area contributed by atoms with Gasteiger partial charge >= 0.3 is 0 Å². The Bertz CT molecular complexity index is 1520. The van der Waals surface area contributed by atoms with Crippen LogP contribution in [-0.2, 0) is 0 Å². The number of fused-ring (bicyclic) bond motifs is 3. The average molecular weight is 474 g/mol. The second-order valence-corrected chi connectivity index (χ2v) is 8.84. The van der Waals surface area contributed by atoms with Crippen LogP contribution in [0.4, 0.5) is 0 Å². The van der Waals surface area contributed by atoms with Gasteiger partial charge in [-0.25, -0.2) is 0 Å². The van der Waals surface area contributed by atoms with Crippen molar-refractivity contribution in [3.05, 3.63) is 126 Å². The fraction of sp³-hybridized carbons (Fsp3) is 0. The van der Waals surface area contributed by atoms with Crippen molar-refractivity contribution in [3.63, 3.8) is 0 Å². The van der Waals surface area contributed by atoms with Gasteiger partial charge < -0.3 is 4.57 Å². The molecule has 32 heavy (non-hydrogen) atoms. The lowest BCUT2D eigenvalue weighted by atomic mass is 9.99. The Labute approximate surface area is 195 Å². The first-order chi connectivity index (χ1) is 15.8. The molecule has 0 unspecified atom stereocenters. The molecule has 0 radical (unpaired) electrons. The minimum atomic E-state index is 1.09. The quantitative estimate of drug-likeness (QED) is 0.241. The first-order valence-corrected chi connectivity index (χ1v) is 11.5. The van der Waals surface area contributed by atoms with Crippen LogP contribution < -0.4 is 0 Å². The Balaban J connectivity index is 1.55. The summed E-state index contributed by atoms with van der Waals surface area (Å²) in [6.07, 6.45) is 0. The fourth-order valence-corrected chi connectivity index (χ4v) is 5.05. The molecule has 2 heteroatoms. The van der Waals surface area contributed by atoms with Gasteiger partial charge in [0.15, 0.2) is 0 Å². The lowest BCUT2D eigenvalue weighted by molar-refractivity contribution is 1.18. The number of para-hydroxylation sites is 2. The summed E-state index contributed by atoms with van der Waals surface area (Å²) in [4.78, 5) is 0. The molecule has 6 aromatic rings. The highest BCUT2D eigenvalue weighted by Gasteiger charge is 2.13. The first-order valence-electron chi connectivity index (χ1n) is 10.7. The molecule has 0 aliphatic rings. The second kappa shape index (κ2) is 7.81. The summed E-state index contributed by atoms with van der Waals surface area (Å²) in [5, 5.41) is 2.56. The summed E-state index contributed by atoms with van der Waals surface area (Å²) < 4.78 is 3.46. The lowest BCUT2D eigenvalue weighted by Crippen LogP contribution is -1.94. The zero-order valence-electron chi connectivity index (χ0n) is 17.4. The summed E-state index contributed by atoms with van der Waals surface area (Å²) in [5.41, 5.74) is 8.43. The summed E-state index contributed by atoms with van der Waals surface area (Å²) in [6, 6.07) is 43.2. The Morgan fingerprint density at radius 3 is 1.81 bits per heavy atom. The highest BCUT2D eigenvalue weighted by Crippen LogP contribution is 2.36. The molecule has 6 rings (SSSR count). The number of hydrogen-bond acceptors (Lipinski definition) is 0. The number of nitrogens with zero attached hydrogens (tertiary/aromatic N) is 1. The van der Waals surface area contributed by atoms with Crippen LogP contribution in [0.25, 0.3) is 49.7 Å². The van der Waals surface area contributed by atoms with Crippen LogP contribution in [0.15, 0.2) is 126 Å². The second-order valence-electron chi connectivity index (χ2n) is 7.98. The molecule has 5 aromatic carbocycles. The van der Waals surface area contributed by atoms with Gasteiger partial charge in [-0.3, -0.25) is 0 Å². The average Bonchev–Trinajstić information content (AvgIpc) is 3.19. The molecule has 0 atom stereocenters. The topological polar surface area (TPSA) is 4.93 Å². The summed E-state index contributed by atoms with van der Waals surface area (Å²) in [5.74, 6) is 0. The van der Waals surface area contributed by atoms with E-state index in [1.54, 1.807) is 0 Å². The highest BCUT2D eigenvalue weighted by molar-refractivity contribution is 9.10. The number of hydrogen-bond donors (Lipinski definition) is 0. The van der Waals surface area contributed by atoms with E-state index in [-0.39, 0.29) is 0 Å². The maximum Gasteiger partial charge on any atom is 0.0541 e. The van der Waals surface area contributed by atoms with E-state index in [4.69, 9.17) is 0 Å². The largest absolute Gasteiger partial charge is 0.309 e. The maximum absolute atomic E-state index is 3.79. The van der Waals surface area contributed by atoms with Crippen LogP contribution in [0.5, 0.6) is 0 Å². The molecule has 1 aromatic heterocycles. The third kappa shape index (κ3) is 3.16. The predicted molar refractivity (Wildman–Crippen MR) is 139 cm³/mol. The SMILES string of the molecule is Brc1ccc(-c2ccccc2)cc1-c1cccc(-n2c3ccccc3c3ccccc32)c1. The number of halogens is 1. The van der Waals surface area contributed by atoms with Gasteiger partial charge in [-0.2, -0.15) is 0 Å². The van der Waals surface area contributed by atoms with Gasteiger partial charge in [-0.1, -0.05) is 101 Å². The van der Waals surface area contributed by atoms with Crippen molar-refractivity contribution >= 4 is 37.7 Å². The molecule has 1 heterocycles. The van der Waals surface area contributed by atoms with Gasteiger partial charge in [0.2, 0.25) is 0 Å². The third-order valence-electron chi connectivity index (χ3n) is 6.07. The molecule has 0 N–H and O–H groups in total. The minimum Gasteiger partial charge on any atom is -0.309 e. The van der Waals surface area contributed by atoms with Gasteiger partial charge in [0, 0.05) is 20.9 Å². The van der Waals surface area contributed by atoms with Gasteiger partial charge in [0.1, 0.15) is 0 Å². The minimum absolute atomic E-state index is 1.09. The zero-order valence-corrected chi connectivity index (χ0v) is 19.0. The van der Waals surface area contributed by atoms with Crippen molar-refractivity contribution in [1.29, 1.82) is 0 Å². The molecule has 0 aliphatic carbocycles. The van der Waals surface area contributed by atoms with E-state index >= 15 is 0 Å². The van der Waals surface area contributed by atoms with E-state index in [9.17, 15) is 0 Å². The molecular weight excluding hydrogens is 454 g/mol. The van der Waals surface area contributed by atoms with E-state index in [2.05, 4.69) is 142 Å². The molecule has 0 saturated carbocycles. The Morgan fingerprint density at radius 1 is 0.469 bits per heavy atom. The number of rotatable bonds is 3. The standard InChI is InChI=1S/C30H20BrN/c31-28-18-17-22(21-9-2-1-3-10-21)20-27(28)23-11-8-12-24(19-23)32-29-15-6-4-13-25(29)26-14-5-7-16-30(26)32/h1-20H. The van der Waals surface area contributed by atoms with Crippen molar-refractivity contribution in [2.45, 2.75) is 0 Å². The van der Waals surface area contributed by atoms with Crippen LogP contribution in [0.1, 0.15) is 0 Å². The summed E-state index contributed by atoms with van der Waals surface area (Å²) in [6.45, 7) is 0. The third-order valence-corrected chi connectivity index (χ3v) is 6.76. The van der Waals surface area contributed by atoms with Crippen LogP contribution >= 0.6 is 15.9 Å². The maximum atomic E-state index is 3.79. The van der Waals surface area contributed by atoms with Gasteiger partial charge in [-0.05, 0) is 58.7 Å². The highest BCUT2D eigenvalue weighted by atomic mass is 79.9. The van der Waals surface area contributed by atoms with Gasteiger partial charge in [0.05, 0.1) is 11.0 Å². The first kappa shape index (κ1) is 19.1. The molecular formula is C30H20BrN. The van der Waals surface area contributed by atoms with Crippen molar-refractivity contribution < 1.29 is 0 Å². The monoisotopic (exact) mass is 473 g/mol. The Morgan fingerprint density at radius 2 is 1.09 bits per heavy atom. The summed E-state index contributed by atoms with van der Waals surface area (Å²) in [7, 11) is 0. The van der Waals surface area contributed by atoms with E-state index in [1.807, 2.05) is 0 Å². The Hall–Kier alpha value is -3.62. The molecule has 0 spiro atoms. The summed E-state index contributed by atoms with van der Waals surface area (Å²) >= 11 is 3.79. The number of benzene rings is 5. The molecule has 1 nitrogen and oxygen atoms in total. The molecule has 0 saturated heterocycles. The zero-order chi connectivity index (χ0) is 21.5. The van der Waals surface area contributed by atoms with E-state index in [0.29, 0.717) is 0 Å². The van der Waals surface area contributed by atoms with Gasteiger partial charge in [-0.15, -0.1) is 0 Å². The van der Waals surface area contributed by atoms with Crippen LogP contribution in [0.2, 0.25) is 0 Å². The van der Waals surface area contributed by atoms with Crippen LogP contribution in [-0.4, -0.2) is 4.57 Å². The lowest BCUT2D eigenvalue weighted by Gasteiger charge is -2.12. The smallest absolute Gasteiger partial charge is 0.0541 e. The van der Waals surface area contributed by atoms with Gasteiger partial charge in [0.25, 0.3) is 0 Å². The molecule has 0 amide bonds. The Kier molecular flexibility index (Phi) is 4.66. The number of aromatic nitrogens is 1. The van der Waals surface area contributed by atoms with E-state index in [0.717, 1.165) is 10.2 Å². The van der Waals surface area contributed by atoms with Crippen molar-refractivity contribution in [2.24, 2.45) is 0 Å². The van der Waals surface area contributed by atoms with Crippen molar-refractivity contribution in [3.8, 4) is 27.9 Å².